The largest absolute Gasteiger partial charge is 0.396 e. The standard InChI is InChI=1S/C24H40O4/c1-15(14-25)17-4-5-18-21-19(6-7-23(17,18)3)22(2)8-9-24(27-10-11-28-24)13-16(22)12-20(21)26/h15-21,25-26H,4-14H2,1-3H3/t15-,16+,17-,18?,19?,20-,21?,22+,23-/m1/s1. The Labute approximate surface area is 170 Å². The summed E-state index contributed by atoms with van der Waals surface area (Å²) in [6.07, 6.45) is 8.86. The van der Waals surface area contributed by atoms with Crippen LogP contribution in [0.2, 0.25) is 0 Å². The normalized spacial score (nSPS) is 53.5. The topological polar surface area (TPSA) is 58.9 Å². The van der Waals surface area contributed by atoms with Crippen LogP contribution >= 0.6 is 0 Å². The minimum Gasteiger partial charge on any atom is -0.396 e. The lowest BCUT2D eigenvalue weighted by molar-refractivity contribution is -0.243. The molecule has 3 unspecified atom stereocenters. The van der Waals surface area contributed by atoms with Gasteiger partial charge in [-0.15, -0.1) is 0 Å². The van der Waals surface area contributed by atoms with Gasteiger partial charge in [0.15, 0.2) is 5.79 Å². The third-order valence-corrected chi connectivity index (χ3v) is 10.5. The predicted molar refractivity (Wildman–Crippen MR) is 107 cm³/mol. The van der Waals surface area contributed by atoms with E-state index in [1.165, 1.54) is 32.1 Å². The van der Waals surface area contributed by atoms with Crippen molar-refractivity contribution in [2.75, 3.05) is 19.8 Å². The maximum Gasteiger partial charge on any atom is 0.168 e. The Balaban J connectivity index is 1.42. The van der Waals surface area contributed by atoms with Gasteiger partial charge in [0, 0.05) is 19.4 Å². The maximum absolute atomic E-state index is 11.4. The molecule has 4 saturated carbocycles. The molecule has 5 aliphatic rings. The first-order valence-corrected chi connectivity index (χ1v) is 11.9. The molecule has 4 nitrogen and oxygen atoms in total. The van der Waals surface area contributed by atoms with Gasteiger partial charge in [-0.2, -0.15) is 0 Å². The third-order valence-electron chi connectivity index (χ3n) is 10.5. The fourth-order valence-corrected chi connectivity index (χ4v) is 9.03. The molecule has 0 bridgehead atoms. The van der Waals surface area contributed by atoms with Gasteiger partial charge in [0.05, 0.1) is 19.3 Å². The van der Waals surface area contributed by atoms with Crippen LogP contribution in [0.5, 0.6) is 0 Å². The molecule has 5 rings (SSSR count). The molecule has 9 atom stereocenters. The van der Waals surface area contributed by atoms with Crippen molar-refractivity contribution in [2.24, 2.45) is 46.3 Å². The fourth-order valence-electron chi connectivity index (χ4n) is 9.03. The van der Waals surface area contributed by atoms with Gasteiger partial charge in [0.2, 0.25) is 0 Å². The van der Waals surface area contributed by atoms with Gasteiger partial charge >= 0.3 is 0 Å². The van der Waals surface area contributed by atoms with Crippen molar-refractivity contribution in [2.45, 2.75) is 84.0 Å². The van der Waals surface area contributed by atoms with Gasteiger partial charge < -0.3 is 19.7 Å². The number of aliphatic hydroxyl groups is 2. The Hall–Kier alpha value is -0.160. The summed E-state index contributed by atoms with van der Waals surface area (Å²) in [5.41, 5.74) is 0.605. The Morgan fingerprint density at radius 2 is 1.68 bits per heavy atom. The van der Waals surface area contributed by atoms with E-state index < -0.39 is 0 Å². The summed E-state index contributed by atoms with van der Waals surface area (Å²) < 4.78 is 12.1. The van der Waals surface area contributed by atoms with Crippen LogP contribution in [-0.2, 0) is 9.47 Å². The van der Waals surface area contributed by atoms with Crippen molar-refractivity contribution >= 4 is 0 Å². The number of ether oxygens (including phenoxy) is 2. The van der Waals surface area contributed by atoms with Crippen LogP contribution in [0.25, 0.3) is 0 Å². The first kappa shape index (κ1) is 19.8. The highest BCUT2D eigenvalue weighted by molar-refractivity contribution is 5.12. The van der Waals surface area contributed by atoms with Gasteiger partial charge in [-0.05, 0) is 84.9 Å². The van der Waals surface area contributed by atoms with Gasteiger partial charge in [-0.25, -0.2) is 0 Å². The number of rotatable bonds is 2. The smallest absolute Gasteiger partial charge is 0.168 e. The second kappa shape index (κ2) is 6.67. The minimum absolute atomic E-state index is 0.188. The zero-order valence-electron chi connectivity index (χ0n) is 18.0. The van der Waals surface area contributed by atoms with Crippen LogP contribution in [0.3, 0.4) is 0 Å². The highest BCUT2D eigenvalue weighted by Crippen LogP contribution is 2.69. The van der Waals surface area contributed by atoms with Crippen LogP contribution in [0.4, 0.5) is 0 Å². The Morgan fingerprint density at radius 1 is 0.964 bits per heavy atom. The molecule has 5 fully saturated rings. The lowest BCUT2D eigenvalue weighted by Gasteiger charge is -2.63. The minimum atomic E-state index is -0.352. The van der Waals surface area contributed by atoms with E-state index in [0.717, 1.165) is 32.5 Å². The van der Waals surface area contributed by atoms with E-state index in [2.05, 4.69) is 20.8 Å². The summed E-state index contributed by atoms with van der Waals surface area (Å²) in [6.45, 7) is 8.97. The predicted octanol–water partition coefficient (Wildman–Crippen LogP) is 3.99. The number of fused-ring (bicyclic) bond motifs is 5. The molecule has 1 saturated heterocycles. The Morgan fingerprint density at radius 3 is 2.39 bits per heavy atom. The zero-order chi connectivity index (χ0) is 19.7. The quantitative estimate of drug-likeness (QED) is 0.746. The van der Waals surface area contributed by atoms with E-state index >= 15 is 0 Å². The highest BCUT2D eigenvalue weighted by atomic mass is 16.7. The van der Waals surface area contributed by atoms with Crippen LogP contribution in [0.1, 0.15) is 72.1 Å². The first-order valence-electron chi connectivity index (χ1n) is 11.9. The summed E-state index contributed by atoms with van der Waals surface area (Å²) >= 11 is 0. The first-order chi connectivity index (χ1) is 13.3. The van der Waals surface area contributed by atoms with Gasteiger partial charge in [0.1, 0.15) is 0 Å². The second-order valence-corrected chi connectivity index (χ2v) is 11.5. The molecule has 1 heterocycles. The molecule has 0 radical (unpaired) electrons. The molecule has 4 heteroatoms. The second-order valence-electron chi connectivity index (χ2n) is 11.5. The molecule has 4 aliphatic carbocycles. The molecule has 0 aromatic heterocycles. The van der Waals surface area contributed by atoms with Crippen molar-refractivity contribution in [3.63, 3.8) is 0 Å². The van der Waals surface area contributed by atoms with E-state index in [1.807, 2.05) is 0 Å². The van der Waals surface area contributed by atoms with Crippen LogP contribution in [-0.4, -0.2) is 41.9 Å². The fraction of sp³-hybridized carbons (Fsp3) is 1.00. The molecule has 1 spiro atoms. The SMILES string of the molecule is C[C@H](CO)[C@H]1CCC2C3C(CC[C@@]21C)[C@@]1(C)CCC2(C[C@@H]1C[C@H]3O)OCCO2. The highest BCUT2D eigenvalue weighted by Gasteiger charge is 2.64. The molecule has 0 aromatic rings. The maximum atomic E-state index is 11.4. The van der Waals surface area contributed by atoms with E-state index in [9.17, 15) is 10.2 Å². The van der Waals surface area contributed by atoms with Crippen molar-refractivity contribution in [3.05, 3.63) is 0 Å². The molecular weight excluding hydrogens is 352 g/mol. The summed E-state index contributed by atoms with van der Waals surface area (Å²) in [4.78, 5) is 0. The average Bonchev–Trinajstić information content (AvgIpc) is 3.27. The molecule has 2 N–H and O–H groups in total. The lowest BCUT2D eigenvalue weighted by Crippen LogP contribution is -2.60. The zero-order valence-corrected chi connectivity index (χ0v) is 18.0. The molecule has 0 aromatic carbocycles. The monoisotopic (exact) mass is 392 g/mol. The van der Waals surface area contributed by atoms with Gasteiger partial charge in [-0.3, -0.25) is 0 Å². The van der Waals surface area contributed by atoms with Crippen LogP contribution < -0.4 is 0 Å². The van der Waals surface area contributed by atoms with Crippen molar-refractivity contribution in [1.29, 1.82) is 0 Å². The van der Waals surface area contributed by atoms with Crippen molar-refractivity contribution in [3.8, 4) is 0 Å². The summed E-state index contributed by atoms with van der Waals surface area (Å²) in [6, 6.07) is 0. The van der Waals surface area contributed by atoms with Crippen molar-refractivity contribution in [1.82, 2.24) is 0 Å². The molecule has 0 amide bonds. The number of hydrogen-bond acceptors (Lipinski definition) is 4. The van der Waals surface area contributed by atoms with Gasteiger partial charge in [-0.1, -0.05) is 20.8 Å². The Kier molecular flexibility index (Phi) is 4.71. The summed E-state index contributed by atoms with van der Waals surface area (Å²) in [5.74, 6) is 2.82. The molecule has 28 heavy (non-hydrogen) atoms. The van der Waals surface area contributed by atoms with Gasteiger partial charge in [0.25, 0.3) is 0 Å². The number of aliphatic hydroxyl groups excluding tert-OH is 2. The van der Waals surface area contributed by atoms with E-state index in [1.54, 1.807) is 0 Å². The van der Waals surface area contributed by atoms with Crippen LogP contribution in [0.15, 0.2) is 0 Å². The van der Waals surface area contributed by atoms with Crippen molar-refractivity contribution < 1.29 is 19.7 Å². The summed E-state index contributed by atoms with van der Waals surface area (Å²) in [5, 5.41) is 21.2. The molecule has 1 aliphatic heterocycles. The molecule has 160 valence electrons. The van der Waals surface area contributed by atoms with Crippen LogP contribution in [0, 0.1) is 46.3 Å². The number of hydrogen-bond donors (Lipinski definition) is 2. The van der Waals surface area contributed by atoms with E-state index in [-0.39, 0.29) is 11.9 Å². The lowest BCUT2D eigenvalue weighted by atomic mass is 9.43. The van der Waals surface area contributed by atoms with E-state index in [0.29, 0.717) is 52.9 Å². The Bertz CT molecular complexity index is 601. The average molecular weight is 393 g/mol. The third kappa shape index (κ3) is 2.63. The summed E-state index contributed by atoms with van der Waals surface area (Å²) in [7, 11) is 0. The van der Waals surface area contributed by atoms with E-state index in [4.69, 9.17) is 9.47 Å². The molecular formula is C24H40O4.